The van der Waals surface area contributed by atoms with E-state index in [9.17, 15) is 4.79 Å². The third-order valence-electron chi connectivity index (χ3n) is 3.16. The fourth-order valence-electron chi connectivity index (χ4n) is 2.04. The van der Waals surface area contributed by atoms with E-state index in [1.807, 2.05) is 0 Å². The summed E-state index contributed by atoms with van der Waals surface area (Å²) in [6, 6.07) is 7.01. The standard InChI is InChI=1S/C14H20N2O3/c1-18-13-4-2-3-12(11-13)14(17)19-10-9-16-7-5-15-6-8-16/h2-4,11,15H,5-10H2,1H3. The highest BCUT2D eigenvalue weighted by Gasteiger charge is 2.11. The highest BCUT2D eigenvalue weighted by Crippen LogP contribution is 2.13. The van der Waals surface area contributed by atoms with Crippen LogP contribution in [-0.4, -0.2) is 57.3 Å². The van der Waals surface area contributed by atoms with Crippen molar-refractivity contribution in [3.63, 3.8) is 0 Å². The Morgan fingerprint density at radius 1 is 1.37 bits per heavy atom. The van der Waals surface area contributed by atoms with Gasteiger partial charge in [-0.05, 0) is 18.2 Å². The van der Waals surface area contributed by atoms with E-state index >= 15 is 0 Å². The normalized spacial score (nSPS) is 16.1. The molecule has 0 spiro atoms. The summed E-state index contributed by atoms with van der Waals surface area (Å²) in [6.07, 6.45) is 0. The molecular weight excluding hydrogens is 244 g/mol. The van der Waals surface area contributed by atoms with Gasteiger partial charge in [0.15, 0.2) is 0 Å². The zero-order valence-electron chi connectivity index (χ0n) is 11.2. The molecule has 1 heterocycles. The Bertz CT molecular complexity index is 417. The highest BCUT2D eigenvalue weighted by atomic mass is 16.5. The molecule has 19 heavy (non-hydrogen) atoms. The van der Waals surface area contributed by atoms with E-state index in [2.05, 4.69) is 10.2 Å². The Morgan fingerprint density at radius 3 is 2.89 bits per heavy atom. The van der Waals surface area contributed by atoms with Gasteiger partial charge in [0.2, 0.25) is 0 Å². The minimum atomic E-state index is -0.297. The van der Waals surface area contributed by atoms with Crippen LogP contribution in [0.4, 0.5) is 0 Å². The predicted octanol–water partition coefficient (Wildman–Crippen LogP) is 0.757. The fourth-order valence-corrected chi connectivity index (χ4v) is 2.04. The molecule has 0 unspecified atom stereocenters. The zero-order valence-corrected chi connectivity index (χ0v) is 11.2. The number of benzene rings is 1. The van der Waals surface area contributed by atoms with Crippen LogP contribution in [0.1, 0.15) is 10.4 Å². The molecule has 1 aromatic rings. The monoisotopic (exact) mass is 264 g/mol. The van der Waals surface area contributed by atoms with Crippen LogP contribution in [-0.2, 0) is 4.74 Å². The van der Waals surface area contributed by atoms with Crippen molar-refractivity contribution < 1.29 is 14.3 Å². The lowest BCUT2D eigenvalue weighted by Crippen LogP contribution is -2.44. The molecule has 5 heteroatoms. The maximum absolute atomic E-state index is 11.8. The number of esters is 1. The first-order chi connectivity index (χ1) is 9.29. The molecule has 1 fully saturated rings. The number of piperazine rings is 1. The highest BCUT2D eigenvalue weighted by molar-refractivity contribution is 5.89. The van der Waals surface area contributed by atoms with Gasteiger partial charge in [0.1, 0.15) is 12.4 Å². The smallest absolute Gasteiger partial charge is 0.338 e. The van der Waals surface area contributed by atoms with Crippen molar-refractivity contribution >= 4 is 5.97 Å². The summed E-state index contributed by atoms with van der Waals surface area (Å²) < 4.78 is 10.4. The molecule has 0 saturated carbocycles. The van der Waals surface area contributed by atoms with E-state index in [0.717, 1.165) is 32.7 Å². The van der Waals surface area contributed by atoms with Crippen LogP contribution in [0, 0.1) is 0 Å². The van der Waals surface area contributed by atoms with Gasteiger partial charge in [-0.1, -0.05) is 6.07 Å². The Hall–Kier alpha value is -1.59. The molecule has 5 nitrogen and oxygen atoms in total. The van der Waals surface area contributed by atoms with Crippen LogP contribution in [0.3, 0.4) is 0 Å². The quantitative estimate of drug-likeness (QED) is 0.796. The fraction of sp³-hybridized carbons (Fsp3) is 0.500. The molecule has 0 amide bonds. The van der Waals surface area contributed by atoms with Crippen molar-refractivity contribution in [2.45, 2.75) is 0 Å². The van der Waals surface area contributed by atoms with Gasteiger partial charge in [0.25, 0.3) is 0 Å². The van der Waals surface area contributed by atoms with Gasteiger partial charge in [-0.15, -0.1) is 0 Å². The molecule has 0 aromatic heterocycles. The third kappa shape index (κ3) is 4.22. The van der Waals surface area contributed by atoms with Crippen LogP contribution in [0.5, 0.6) is 5.75 Å². The zero-order chi connectivity index (χ0) is 13.5. The lowest BCUT2D eigenvalue weighted by atomic mass is 10.2. The molecule has 0 bridgehead atoms. The summed E-state index contributed by atoms with van der Waals surface area (Å²) in [6.45, 7) is 5.24. The van der Waals surface area contributed by atoms with Crippen LogP contribution in [0.2, 0.25) is 0 Å². The lowest BCUT2D eigenvalue weighted by molar-refractivity contribution is 0.0455. The van der Waals surface area contributed by atoms with Crippen molar-refractivity contribution in [1.29, 1.82) is 0 Å². The van der Waals surface area contributed by atoms with E-state index in [-0.39, 0.29) is 5.97 Å². The van der Waals surface area contributed by atoms with Crippen molar-refractivity contribution in [3.8, 4) is 5.75 Å². The maximum Gasteiger partial charge on any atom is 0.338 e. The third-order valence-corrected chi connectivity index (χ3v) is 3.16. The Morgan fingerprint density at radius 2 is 2.16 bits per heavy atom. The topological polar surface area (TPSA) is 50.8 Å². The van der Waals surface area contributed by atoms with Crippen LogP contribution < -0.4 is 10.1 Å². The number of hydrogen-bond acceptors (Lipinski definition) is 5. The van der Waals surface area contributed by atoms with Crippen LogP contribution >= 0.6 is 0 Å². The number of carbonyl (C=O) groups excluding carboxylic acids is 1. The average molecular weight is 264 g/mol. The minimum Gasteiger partial charge on any atom is -0.497 e. The first-order valence-electron chi connectivity index (χ1n) is 6.54. The maximum atomic E-state index is 11.8. The molecule has 1 aromatic carbocycles. The van der Waals surface area contributed by atoms with E-state index < -0.39 is 0 Å². The molecule has 1 saturated heterocycles. The van der Waals surface area contributed by atoms with Gasteiger partial charge in [0, 0.05) is 32.7 Å². The Labute approximate surface area is 113 Å². The molecule has 0 radical (unpaired) electrons. The predicted molar refractivity (Wildman–Crippen MR) is 72.6 cm³/mol. The summed E-state index contributed by atoms with van der Waals surface area (Å²) >= 11 is 0. The van der Waals surface area contributed by atoms with Crippen LogP contribution in [0.15, 0.2) is 24.3 Å². The van der Waals surface area contributed by atoms with Crippen molar-refractivity contribution in [2.24, 2.45) is 0 Å². The molecule has 0 aliphatic carbocycles. The van der Waals surface area contributed by atoms with E-state index in [4.69, 9.17) is 9.47 Å². The average Bonchev–Trinajstić information content (AvgIpc) is 2.48. The molecule has 1 N–H and O–H groups in total. The van der Waals surface area contributed by atoms with E-state index in [1.165, 1.54) is 0 Å². The van der Waals surface area contributed by atoms with Gasteiger partial charge in [0.05, 0.1) is 12.7 Å². The molecule has 1 aliphatic heterocycles. The second kappa shape index (κ2) is 7.11. The van der Waals surface area contributed by atoms with Gasteiger partial charge >= 0.3 is 5.97 Å². The molecule has 2 rings (SSSR count). The van der Waals surface area contributed by atoms with Crippen molar-refractivity contribution in [3.05, 3.63) is 29.8 Å². The summed E-state index contributed by atoms with van der Waals surface area (Å²) in [7, 11) is 1.58. The first kappa shape index (κ1) is 13.8. The molecular formula is C14H20N2O3. The van der Waals surface area contributed by atoms with Gasteiger partial charge in [-0.2, -0.15) is 0 Å². The van der Waals surface area contributed by atoms with E-state index in [0.29, 0.717) is 17.9 Å². The minimum absolute atomic E-state index is 0.297. The first-order valence-corrected chi connectivity index (χ1v) is 6.54. The second-order valence-corrected chi connectivity index (χ2v) is 4.46. The number of carbonyl (C=O) groups is 1. The van der Waals surface area contributed by atoms with Crippen LogP contribution in [0.25, 0.3) is 0 Å². The molecule has 0 atom stereocenters. The SMILES string of the molecule is COc1cccc(C(=O)OCCN2CCNCC2)c1. The number of nitrogens with zero attached hydrogens (tertiary/aromatic N) is 1. The number of methoxy groups -OCH3 is 1. The summed E-state index contributed by atoms with van der Waals surface area (Å²) in [5.41, 5.74) is 0.527. The summed E-state index contributed by atoms with van der Waals surface area (Å²) in [5.74, 6) is 0.366. The number of hydrogen-bond donors (Lipinski definition) is 1. The number of rotatable bonds is 5. The summed E-state index contributed by atoms with van der Waals surface area (Å²) in [5, 5.41) is 3.29. The molecule has 104 valence electrons. The Kier molecular flexibility index (Phi) is 5.18. The van der Waals surface area contributed by atoms with Crippen molar-refractivity contribution in [2.75, 3.05) is 46.4 Å². The van der Waals surface area contributed by atoms with Gasteiger partial charge in [-0.3, -0.25) is 4.90 Å². The number of ether oxygens (including phenoxy) is 2. The lowest BCUT2D eigenvalue weighted by Gasteiger charge is -2.26. The second-order valence-electron chi connectivity index (χ2n) is 4.46. The Balaban J connectivity index is 1.77. The van der Waals surface area contributed by atoms with Gasteiger partial charge < -0.3 is 14.8 Å². The van der Waals surface area contributed by atoms with Gasteiger partial charge in [-0.25, -0.2) is 4.79 Å². The molecule has 1 aliphatic rings. The van der Waals surface area contributed by atoms with E-state index in [1.54, 1.807) is 31.4 Å². The summed E-state index contributed by atoms with van der Waals surface area (Å²) in [4.78, 5) is 14.1. The van der Waals surface area contributed by atoms with Crippen molar-refractivity contribution in [1.82, 2.24) is 10.2 Å². The largest absolute Gasteiger partial charge is 0.497 e. The number of nitrogens with one attached hydrogen (secondary N) is 1.